The average molecular weight is 202 g/mol. The molecule has 0 fully saturated rings. The molecule has 33 valence electrons. The maximum absolute atomic E-state index is 9.05. The molecule has 5 heteroatoms. The molecule has 0 N–H and O–H groups in total. The second-order valence-corrected chi connectivity index (χ2v) is 5.19. The van der Waals surface area contributed by atoms with Crippen LogP contribution in [0.25, 0.3) is 0 Å². The van der Waals surface area contributed by atoms with E-state index in [4.69, 9.17) is 24.3 Å². The van der Waals surface area contributed by atoms with Crippen LogP contribution in [0.4, 0.5) is 0 Å². The summed E-state index contributed by atoms with van der Waals surface area (Å²) in [6, 6.07) is 0. The van der Waals surface area contributed by atoms with E-state index in [1.165, 1.54) is 0 Å². The van der Waals surface area contributed by atoms with E-state index in [1.807, 2.05) is 0 Å². The third-order valence-corrected chi connectivity index (χ3v) is 0.866. The van der Waals surface area contributed by atoms with Crippen LogP contribution in [0.1, 0.15) is 0 Å². The van der Waals surface area contributed by atoms with Crippen molar-refractivity contribution >= 4 is 19.4 Å². The number of halogens is 2. The van der Waals surface area contributed by atoms with Gasteiger partial charge in [-0.25, -0.2) is 0 Å². The van der Waals surface area contributed by atoms with E-state index < -0.39 is 14.2 Å². The van der Waals surface area contributed by atoms with Gasteiger partial charge in [0.25, 0.3) is 0 Å². The fourth-order valence-corrected chi connectivity index (χ4v) is 0. The van der Waals surface area contributed by atoms with Crippen LogP contribution in [0.2, 0.25) is 0 Å². The van der Waals surface area contributed by atoms with Crippen molar-refractivity contribution < 1.29 is 14.2 Å². The molecule has 0 saturated carbocycles. The molecule has 5 heavy (non-hydrogen) atoms. The molecule has 0 aromatic rings. The molecule has 0 amide bonds. The summed E-state index contributed by atoms with van der Waals surface area (Å²) in [5, 5.41) is 0. The Morgan fingerprint density at radius 3 is 1.80 bits per heavy atom. The van der Waals surface area contributed by atoms with Crippen LogP contribution in [-0.4, -0.2) is 0 Å². The minimum atomic E-state index is -2.17. The summed E-state index contributed by atoms with van der Waals surface area (Å²) in [7, 11) is 9.78. The van der Waals surface area contributed by atoms with Crippen molar-refractivity contribution in [3.05, 3.63) is 4.91 Å². The Hall–Kier alpha value is 0.803. The summed E-state index contributed by atoms with van der Waals surface area (Å²) in [4.78, 5) is 9.05. The van der Waals surface area contributed by atoms with Gasteiger partial charge in [0.1, 0.15) is 0 Å². The first-order valence-electron chi connectivity index (χ1n) is 0.608. The minimum absolute atomic E-state index is 2.17. The van der Waals surface area contributed by atoms with Crippen molar-refractivity contribution in [3.8, 4) is 0 Å². The van der Waals surface area contributed by atoms with Gasteiger partial charge in [-0.3, -0.25) is 0 Å². The molecular weight excluding hydrogens is 202 g/mol. The van der Waals surface area contributed by atoms with Crippen LogP contribution in [0, 0.1) is 4.91 Å². The molecule has 0 heterocycles. The molecule has 0 spiro atoms. The molecule has 0 aliphatic heterocycles. The van der Waals surface area contributed by atoms with Crippen molar-refractivity contribution in [2.24, 2.45) is 3.92 Å². The summed E-state index contributed by atoms with van der Waals surface area (Å²) in [5.74, 6) is 0. The Morgan fingerprint density at radius 2 is 1.80 bits per heavy atom. The summed E-state index contributed by atoms with van der Waals surface area (Å²) in [5.41, 5.74) is 0. The predicted molar refractivity (Wildman–Crippen MR) is 17.5 cm³/mol. The van der Waals surface area contributed by atoms with Gasteiger partial charge in [0.15, 0.2) is 0 Å². The van der Waals surface area contributed by atoms with Crippen molar-refractivity contribution in [1.29, 1.82) is 0 Å². The van der Waals surface area contributed by atoms with Gasteiger partial charge in [0.05, 0.1) is 0 Å². The molecule has 0 radical (unpaired) electrons. The Morgan fingerprint density at radius 1 is 1.60 bits per heavy atom. The fourth-order valence-electron chi connectivity index (χ4n) is 0. The van der Waals surface area contributed by atoms with Crippen LogP contribution >= 0.6 is 19.4 Å². The molecule has 0 atom stereocenters. The first kappa shape index (κ1) is 5.80. The zero-order valence-corrected chi connectivity index (χ0v) is 5.21. The third-order valence-electron chi connectivity index (χ3n) is 0.0488. The van der Waals surface area contributed by atoms with Gasteiger partial charge in [-0.15, -0.1) is 0 Å². The van der Waals surface area contributed by atoms with Gasteiger partial charge in [0.2, 0.25) is 0 Å². The second kappa shape index (κ2) is 3.01. The van der Waals surface area contributed by atoms with Crippen LogP contribution in [0.5, 0.6) is 0 Å². The zero-order valence-electron chi connectivity index (χ0n) is 1.96. The molecule has 0 aliphatic carbocycles. The summed E-state index contributed by atoms with van der Waals surface area (Å²) < 4.78 is 2.31. The number of rotatable bonds is 1. The van der Waals surface area contributed by atoms with Crippen LogP contribution in [0.3, 0.4) is 0 Å². The van der Waals surface area contributed by atoms with Crippen molar-refractivity contribution in [2.45, 2.75) is 0 Å². The quantitative estimate of drug-likeness (QED) is 0.468. The zero-order chi connectivity index (χ0) is 4.28. The van der Waals surface area contributed by atoms with Gasteiger partial charge in [-0.05, 0) is 0 Å². The number of hydrogen-bond acceptors (Lipinski definition) is 2. The number of nitroso groups, excluding NO2 is 1. The standard InChI is InChI=1S/2ClH.NO.Ru/c;;1-2;/h2*1H;;/q;;-1;+3/p-2. The van der Waals surface area contributed by atoms with Gasteiger partial charge in [-0.1, -0.05) is 0 Å². The van der Waals surface area contributed by atoms with E-state index in [0.717, 1.165) is 0 Å². The molecule has 0 bridgehead atoms. The van der Waals surface area contributed by atoms with E-state index >= 15 is 0 Å². The summed E-state index contributed by atoms with van der Waals surface area (Å²) in [6.07, 6.45) is 0. The molecule has 0 aliphatic rings. The van der Waals surface area contributed by atoms with Gasteiger partial charge in [0, 0.05) is 0 Å². The molecule has 0 saturated heterocycles. The molecule has 2 nitrogen and oxygen atoms in total. The Bertz CT molecular complexity index is 36.6. The van der Waals surface area contributed by atoms with Crippen LogP contribution in [-0.2, 0) is 14.2 Å². The van der Waals surface area contributed by atoms with E-state index in [9.17, 15) is 0 Å². The van der Waals surface area contributed by atoms with Crippen molar-refractivity contribution in [2.75, 3.05) is 0 Å². The van der Waals surface area contributed by atoms with E-state index in [1.54, 1.807) is 0 Å². The molecular formula is Cl2NORu. The van der Waals surface area contributed by atoms with Crippen molar-refractivity contribution in [3.63, 3.8) is 0 Å². The van der Waals surface area contributed by atoms with E-state index in [2.05, 4.69) is 3.92 Å². The Balaban J connectivity index is 2.83. The van der Waals surface area contributed by atoms with Crippen molar-refractivity contribution in [1.82, 2.24) is 0 Å². The molecule has 0 unspecified atom stereocenters. The average Bonchev–Trinajstić information content (AvgIpc) is 1.38. The monoisotopic (exact) mass is 202 g/mol. The van der Waals surface area contributed by atoms with Crippen LogP contribution < -0.4 is 0 Å². The van der Waals surface area contributed by atoms with E-state index in [0.29, 0.717) is 0 Å². The van der Waals surface area contributed by atoms with Gasteiger partial charge in [-0.2, -0.15) is 0 Å². The number of nitrogens with zero attached hydrogens (tertiary/aromatic N) is 1. The van der Waals surface area contributed by atoms with Gasteiger partial charge >= 0.3 is 42.4 Å². The van der Waals surface area contributed by atoms with Crippen LogP contribution in [0.15, 0.2) is 3.92 Å². The SMILES string of the molecule is O=[N][Ru]([Cl])[Cl]. The van der Waals surface area contributed by atoms with Gasteiger partial charge < -0.3 is 0 Å². The molecule has 0 rings (SSSR count). The summed E-state index contributed by atoms with van der Waals surface area (Å²) in [6.45, 7) is 0. The first-order chi connectivity index (χ1) is 2.27. The first-order valence-corrected chi connectivity index (χ1v) is 5.86. The topological polar surface area (TPSA) is 29.4 Å². The second-order valence-electron chi connectivity index (χ2n) is 0.235. The van der Waals surface area contributed by atoms with E-state index in [-0.39, 0.29) is 0 Å². The third kappa shape index (κ3) is 4.80. The number of hydrogen-bond donors (Lipinski definition) is 0. The summed E-state index contributed by atoms with van der Waals surface area (Å²) >= 11 is -2.17. The molecule has 0 aromatic carbocycles. The Labute approximate surface area is 42.7 Å². The predicted octanol–water partition coefficient (Wildman–Crippen LogP) is 1.59. The fraction of sp³-hybridized carbons (Fsp3) is 0. The maximum atomic E-state index is 9.05. The normalized spacial score (nSPS) is 10.4. The Kier molecular flexibility index (Phi) is 3.50. The molecule has 0 aromatic heterocycles.